The molecule has 1 aromatic carbocycles. The van der Waals surface area contributed by atoms with E-state index >= 15 is 0 Å². The van der Waals surface area contributed by atoms with Crippen LogP contribution in [0, 0.1) is 5.21 Å². The molecule has 11 heteroatoms. The molecule has 30 heavy (non-hydrogen) atoms. The lowest BCUT2D eigenvalue weighted by Crippen LogP contribution is -2.58. The average molecular weight is 416 g/mol. The van der Waals surface area contributed by atoms with Crippen molar-refractivity contribution >= 4 is 18.6 Å². The fourth-order valence-electron chi connectivity index (χ4n) is 3.44. The zero-order chi connectivity index (χ0) is 20.8. The van der Waals surface area contributed by atoms with Crippen molar-refractivity contribution in [3.05, 3.63) is 58.6 Å². The molecular formula is C19H21BN2O8-2. The van der Waals surface area contributed by atoms with Gasteiger partial charge in [-0.05, 0) is 24.1 Å². The fraction of sp³-hybridized carbons (Fsp3) is 0.316. The number of benzene rings is 1. The molecule has 1 aromatic heterocycles. The molecule has 3 heterocycles. The van der Waals surface area contributed by atoms with E-state index in [1.165, 1.54) is 29.3 Å². The van der Waals surface area contributed by atoms with E-state index in [0.717, 1.165) is 0 Å². The van der Waals surface area contributed by atoms with Crippen LogP contribution in [0.25, 0.3) is 0 Å². The quantitative estimate of drug-likeness (QED) is 0.370. The Bertz CT molecular complexity index is 990. The number of pyridine rings is 1. The number of hydrogen-bond acceptors (Lipinski definition) is 8. The molecule has 2 aromatic rings. The van der Waals surface area contributed by atoms with Gasteiger partial charge >= 0.3 is 12.7 Å². The zero-order valence-electron chi connectivity index (χ0n) is 15.2. The number of fused-ring (bicyclic) bond motifs is 1. The van der Waals surface area contributed by atoms with Crippen molar-refractivity contribution in [2.75, 3.05) is 13.1 Å². The molecule has 1 amide bonds. The highest BCUT2D eigenvalue weighted by Crippen LogP contribution is 2.38. The van der Waals surface area contributed by atoms with Gasteiger partial charge in [-0.3, -0.25) is 4.79 Å². The number of carboxylic acids is 1. The van der Waals surface area contributed by atoms with Crippen molar-refractivity contribution in [1.29, 1.82) is 0 Å². The number of aromatic nitrogens is 1. The Kier molecular flexibility index (Phi) is 5.60. The lowest BCUT2D eigenvalue weighted by atomic mass is 9.70. The smallest absolute Gasteiger partial charge is 0.430 e. The number of rotatable bonds is 4. The summed E-state index contributed by atoms with van der Waals surface area (Å²) in [6.45, 7) is -2.83. The summed E-state index contributed by atoms with van der Waals surface area (Å²) in [5.41, 5.74) is 0.0847. The number of nitrogens with zero attached hydrogens (tertiary/aromatic N) is 2. The number of amides is 1. The van der Waals surface area contributed by atoms with E-state index in [-0.39, 0.29) is 50.5 Å². The van der Waals surface area contributed by atoms with Crippen LogP contribution in [0.5, 0.6) is 11.5 Å². The summed E-state index contributed by atoms with van der Waals surface area (Å²) in [5, 5.41) is 42.9. The Hall–Kier alpha value is -3.31. The number of likely N-dealkylation sites (tertiary alicyclic amines) is 1. The largest absolute Gasteiger partial charge is 0.669 e. The van der Waals surface area contributed by atoms with Crippen molar-refractivity contribution in [3.63, 3.8) is 0 Å². The van der Waals surface area contributed by atoms with E-state index in [1.54, 1.807) is 12.1 Å². The molecule has 0 spiro atoms. The molecule has 1 saturated heterocycles. The molecule has 0 bridgehead atoms. The molecule has 2 aliphatic rings. The summed E-state index contributed by atoms with van der Waals surface area (Å²) < 4.78 is 11.2. The van der Waals surface area contributed by atoms with Gasteiger partial charge in [-0.2, -0.15) is 4.73 Å². The van der Waals surface area contributed by atoms with Gasteiger partial charge in [0.05, 0.1) is 30.4 Å². The molecule has 2 aliphatic heterocycles. The van der Waals surface area contributed by atoms with Crippen LogP contribution < -0.4 is 19.2 Å². The van der Waals surface area contributed by atoms with E-state index in [1.807, 2.05) is 0 Å². The zero-order valence-corrected chi connectivity index (χ0v) is 15.2. The minimum atomic E-state index is -3.15. The van der Waals surface area contributed by atoms with Gasteiger partial charge in [0.15, 0.2) is 6.20 Å². The Morgan fingerprint density at radius 3 is 2.63 bits per heavy atom. The highest BCUT2D eigenvalue weighted by atomic mass is 16.6. The van der Waals surface area contributed by atoms with Gasteiger partial charge < -0.3 is 39.4 Å². The molecule has 4 rings (SSSR count). The molecule has 10 nitrogen and oxygen atoms in total. The number of hydrogen-bond donors (Lipinski definition) is 2. The second kappa shape index (κ2) is 7.84. The van der Waals surface area contributed by atoms with Gasteiger partial charge in [-0.15, -0.1) is 0 Å². The Balaban J connectivity index is 0.00000256. The standard InChI is InChI=1S/C18H18BN2O8.CH4/c22-17(13-3-1-2-8-21(13)27)20-9-12(10-20)28-14-5-4-11-6-7-19(25,26)29-16(11)15(14)18(23)24;/h1-5,8,12,25-26H,6-7,9-10H2,(H,23,24);1H4/q-1;/p-1. The van der Waals surface area contributed by atoms with Gasteiger partial charge in [-0.25, -0.2) is 0 Å². The van der Waals surface area contributed by atoms with Gasteiger partial charge in [-0.1, -0.05) is 19.8 Å². The van der Waals surface area contributed by atoms with Crippen molar-refractivity contribution in [1.82, 2.24) is 4.90 Å². The highest BCUT2D eigenvalue weighted by Gasteiger charge is 2.37. The second-order valence-corrected chi connectivity index (χ2v) is 7.09. The van der Waals surface area contributed by atoms with Crippen molar-refractivity contribution in [2.45, 2.75) is 26.3 Å². The normalized spacial score (nSPS) is 17.1. The van der Waals surface area contributed by atoms with Crippen LogP contribution in [0.15, 0.2) is 36.5 Å². The topological polar surface area (TPSA) is 146 Å². The van der Waals surface area contributed by atoms with Crippen LogP contribution in [-0.2, 0) is 6.42 Å². The van der Waals surface area contributed by atoms with Crippen LogP contribution in [0.4, 0.5) is 0 Å². The summed E-state index contributed by atoms with van der Waals surface area (Å²) in [4.78, 5) is 25.4. The first-order chi connectivity index (χ1) is 13.7. The summed E-state index contributed by atoms with van der Waals surface area (Å²) >= 11 is 0. The minimum Gasteiger partial charge on any atom is -0.669 e. The van der Waals surface area contributed by atoms with Crippen LogP contribution in [0.1, 0.15) is 33.8 Å². The second-order valence-electron chi connectivity index (χ2n) is 7.09. The van der Waals surface area contributed by atoms with Gasteiger partial charge in [0.2, 0.25) is 0 Å². The number of ether oxygens (including phenoxy) is 1. The highest BCUT2D eigenvalue weighted by molar-refractivity contribution is 6.59. The van der Waals surface area contributed by atoms with Gasteiger partial charge in [0.25, 0.3) is 5.69 Å². The van der Waals surface area contributed by atoms with E-state index in [0.29, 0.717) is 10.3 Å². The first kappa shape index (κ1) is 21.4. The molecule has 0 saturated carbocycles. The number of aryl methyl sites for hydroxylation is 1. The van der Waals surface area contributed by atoms with Crippen molar-refractivity contribution in [2.24, 2.45) is 0 Å². The summed E-state index contributed by atoms with van der Waals surface area (Å²) in [6, 6.07) is 7.55. The van der Waals surface area contributed by atoms with E-state index in [9.17, 15) is 30.0 Å². The molecule has 2 N–H and O–H groups in total. The lowest BCUT2D eigenvalue weighted by Gasteiger charge is -2.40. The predicted octanol–water partition coefficient (Wildman–Crippen LogP) is -0.919. The van der Waals surface area contributed by atoms with Crippen LogP contribution in [0.3, 0.4) is 0 Å². The number of aromatic carboxylic acids is 1. The minimum absolute atomic E-state index is 0. The molecule has 0 unspecified atom stereocenters. The van der Waals surface area contributed by atoms with Gasteiger partial charge in [0, 0.05) is 12.1 Å². The first-order valence-electron chi connectivity index (χ1n) is 9.06. The average Bonchev–Trinajstić information content (AvgIpc) is 2.62. The predicted molar refractivity (Wildman–Crippen MR) is 103 cm³/mol. The summed E-state index contributed by atoms with van der Waals surface area (Å²) in [5.74, 6) is -2.26. The molecule has 0 atom stereocenters. The van der Waals surface area contributed by atoms with Crippen LogP contribution in [-0.4, -0.2) is 52.8 Å². The maximum absolute atomic E-state index is 12.4. The third-order valence-electron chi connectivity index (χ3n) is 4.97. The van der Waals surface area contributed by atoms with E-state index in [2.05, 4.69) is 0 Å². The van der Waals surface area contributed by atoms with Gasteiger partial charge in [0.1, 0.15) is 11.9 Å². The number of carbonyl (C=O) groups is 2. The third kappa shape index (κ3) is 3.89. The lowest BCUT2D eigenvalue weighted by molar-refractivity contribution is -0.608. The summed E-state index contributed by atoms with van der Waals surface area (Å²) in [6.07, 6.45) is 0.921. The Morgan fingerprint density at radius 2 is 1.97 bits per heavy atom. The first-order valence-corrected chi connectivity index (χ1v) is 9.06. The monoisotopic (exact) mass is 416 g/mol. The van der Waals surface area contributed by atoms with Crippen molar-refractivity contribution in [3.8, 4) is 11.5 Å². The molecule has 0 radical (unpaired) electrons. The fourth-order valence-corrected chi connectivity index (χ4v) is 3.44. The molecule has 1 fully saturated rings. The third-order valence-corrected chi connectivity index (χ3v) is 4.97. The Labute approximate surface area is 172 Å². The molecular weight excluding hydrogens is 395 g/mol. The Morgan fingerprint density at radius 1 is 1.23 bits per heavy atom. The maximum atomic E-state index is 12.4. The molecule has 160 valence electrons. The van der Waals surface area contributed by atoms with Crippen LogP contribution >= 0.6 is 0 Å². The SMILES string of the molecule is C.O=C([O-])c1c(OC2CN(C(=O)c3cccc[n+]3[O-])C2)ccc2c1O[B-](O)(O)CC2. The van der Waals surface area contributed by atoms with E-state index in [4.69, 9.17) is 9.39 Å². The number of carbonyl (C=O) groups excluding carboxylic acids is 2. The van der Waals surface area contributed by atoms with Crippen LogP contribution in [0.2, 0.25) is 6.32 Å². The number of carboxylic acid groups (broad SMARTS) is 1. The maximum Gasteiger partial charge on any atom is 0.430 e. The molecule has 0 aliphatic carbocycles. The summed E-state index contributed by atoms with van der Waals surface area (Å²) in [7, 11) is 0. The van der Waals surface area contributed by atoms with E-state index < -0.39 is 30.3 Å². The van der Waals surface area contributed by atoms with Crippen molar-refractivity contribution < 1.29 is 38.9 Å².